The molecule has 2 amide bonds. The first-order valence-corrected chi connectivity index (χ1v) is 15.2. The number of rotatable bonds is 9. The fraction of sp³-hybridized carbons (Fsp3) is 0.688. The van der Waals surface area contributed by atoms with Crippen molar-refractivity contribution in [1.29, 1.82) is 5.26 Å². The summed E-state index contributed by atoms with van der Waals surface area (Å²) in [5, 5.41) is 25.8. The maximum absolute atomic E-state index is 13.8. The second kappa shape index (κ2) is 11.5. The van der Waals surface area contributed by atoms with Crippen molar-refractivity contribution in [2.75, 3.05) is 13.7 Å². The molecule has 9 nitrogen and oxygen atoms in total. The highest BCUT2D eigenvalue weighted by molar-refractivity contribution is 5.98. The average molecular weight is 566 g/mol. The van der Waals surface area contributed by atoms with Crippen LogP contribution in [0.4, 0.5) is 0 Å². The molecule has 2 bridgehead atoms. The molecule has 2 atom stereocenters. The molecule has 41 heavy (non-hydrogen) atoms. The van der Waals surface area contributed by atoms with Gasteiger partial charge in [-0.15, -0.1) is 0 Å². The number of methoxy groups -OCH3 is 1. The largest absolute Gasteiger partial charge is 0.496 e. The first kappa shape index (κ1) is 29.2. The summed E-state index contributed by atoms with van der Waals surface area (Å²) in [6.07, 6.45) is 9.26. The van der Waals surface area contributed by atoms with Crippen molar-refractivity contribution in [3.05, 3.63) is 23.3 Å². The molecular formula is C32H43N3O6. The number of nitriles is 1. The first-order chi connectivity index (χ1) is 19.6. The number of amides is 2. The van der Waals surface area contributed by atoms with Gasteiger partial charge in [0.2, 0.25) is 5.91 Å². The molecule has 9 heteroatoms. The Labute approximate surface area is 242 Å². The molecule has 0 aromatic heterocycles. The minimum absolute atomic E-state index is 0.0410. The number of hydrogen-bond acceptors (Lipinski definition) is 6. The molecule has 0 saturated heterocycles. The van der Waals surface area contributed by atoms with E-state index in [9.17, 15) is 24.8 Å². The summed E-state index contributed by atoms with van der Waals surface area (Å²) in [6.45, 7) is 4.65. The highest BCUT2D eigenvalue weighted by Gasteiger charge is 2.48. The molecule has 222 valence electrons. The topological polar surface area (TPSA) is 138 Å². The van der Waals surface area contributed by atoms with E-state index in [2.05, 4.69) is 23.6 Å². The number of carbonyl (C=O) groups is 3. The molecule has 0 aliphatic heterocycles. The smallest absolute Gasteiger partial charge is 0.309 e. The molecule has 5 aliphatic rings. The Morgan fingerprint density at radius 2 is 1.66 bits per heavy atom. The lowest BCUT2D eigenvalue weighted by Gasteiger charge is -2.48. The summed E-state index contributed by atoms with van der Waals surface area (Å²) in [4.78, 5) is 38.9. The average Bonchev–Trinajstić information content (AvgIpc) is 2.96. The van der Waals surface area contributed by atoms with Gasteiger partial charge in [0.05, 0.1) is 35.7 Å². The number of carbonyl (C=O) groups excluding carboxylic acids is 2. The van der Waals surface area contributed by atoms with Crippen LogP contribution in [0.25, 0.3) is 0 Å². The Morgan fingerprint density at radius 3 is 2.22 bits per heavy atom. The molecular weight excluding hydrogens is 522 g/mol. The molecule has 0 spiro atoms. The van der Waals surface area contributed by atoms with Gasteiger partial charge < -0.3 is 25.2 Å². The normalized spacial score (nSPS) is 31.7. The first-order valence-electron chi connectivity index (χ1n) is 15.2. The Hall–Kier alpha value is -3.28. The molecule has 1 aromatic carbocycles. The van der Waals surface area contributed by atoms with Gasteiger partial charge in [-0.2, -0.15) is 5.26 Å². The van der Waals surface area contributed by atoms with Crippen LogP contribution >= 0.6 is 0 Å². The summed E-state index contributed by atoms with van der Waals surface area (Å²) in [5.74, 6) is -0.324. The SMILES string of the molecule is COc1cc(C#N)c(O[C@H]2CC[C@@](C)(C(=O)O)CC2)cc1C(=O)N[C@H]1C2CCC(CC2)[C@H]1C(=O)NCC1(C)CCC1. The lowest BCUT2D eigenvalue weighted by atomic mass is 9.61. The van der Waals surface area contributed by atoms with Gasteiger partial charge in [-0.1, -0.05) is 13.3 Å². The van der Waals surface area contributed by atoms with Gasteiger partial charge >= 0.3 is 5.97 Å². The molecule has 5 aliphatic carbocycles. The molecule has 0 unspecified atom stereocenters. The van der Waals surface area contributed by atoms with Gasteiger partial charge in [0.15, 0.2) is 0 Å². The van der Waals surface area contributed by atoms with E-state index in [0.29, 0.717) is 32.2 Å². The van der Waals surface area contributed by atoms with Crippen molar-refractivity contribution in [3.8, 4) is 17.6 Å². The third-order valence-corrected chi connectivity index (χ3v) is 10.6. The maximum Gasteiger partial charge on any atom is 0.309 e. The highest BCUT2D eigenvalue weighted by atomic mass is 16.5. The molecule has 5 saturated carbocycles. The number of carboxylic acid groups (broad SMARTS) is 1. The van der Waals surface area contributed by atoms with E-state index < -0.39 is 11.4 Å². The number of carboxylic acids is 1. The van der Waals surface area contributed by atoms with Gasteiger partial charge in [-0.25, -0.2) is 0 Å². The summed E-state index contributed by atoms with van der Waals surface area (Å²) in [7, 11) is 1.46. The van der Waals surface area contributed by atoms with Crippen molar-refractivity contribution >= 4 is 17.8 Å². The van der Waals surface area contributed by atoms with Crippen LogP contribution in [-0.4, -0.2) is 48.7 Å². The number of fused-ring (bicyclic) bond motifs is 3. The van der Waals surface area contributed by atoms with E-state index in [0.717, 1.165) is 38.5 Å². The standard InChI is InChI=1S/C32H43N3O6/c1-31(11-4-12-31)18-34-29(37)26-19-5-7-20(8-6-19)27(26)35-28(36)23-16-24(21(17-33)15-25(23)40-3)41-22-9-13-32(2,14-10-22)30(38)39/h15-16,19-20,22,26-27H,4-14,18H2,1-3H3,(H,34,37)(H,35,36)(H,38,39)/t19?,20?,22-,26-,27+,32+/m1/s1. The van der Waals surface area contributed by atoms with E-state index in [4.69, 9.17) is 9.47 Å². The third kappa shape index (κ3) is 5.89. The van der Waals surface area contributed by atoms with Crippen molar-refractivity contribution in [2.24, 2.45) is 28.6 Å². The number of nitrogens with one attached hydrogen (secondary N) is 2. The van der Waals surface area contributed by atoms with E-state index in [1.165, 1.54) is 19.6 Å². The van der Waals surface area contributed by atoms with Crippen LogP contribution in [0.3, 0.4) is 0 Å². The van der Waals surface area contributed by atoms with Crippen LogP contribution in [0.5, 0.6) is 11.5 Å². The Kier molecular flexibility index (Phi) is 8.22. The third-order valence-electron chi connectivity index (χ3n) is 10.6. The minimum Gasteiger partial charge on any atom is -0.496 e. The quantitative estimate of drug-likeness (QED) is 0.390. The number of ether oxygens (including phenoxy) is 2. The molecule has 1 aromatic rings. The Balaban J connectivity index is 1.33. The number of nitrogens with zero attached hydrogens (tertiary/aromatic N) is 1. The molecule has 5 fully saturated rings. The summed E-state index contributed by atoms with van der Waals surface area (Å²) in [6, 6.07) is 4.95. The van der Waals surface area contributed by atoms with E-state index in [1.54, 1.807) is 13.0 Å². The zero-order valence-electron chi connectivity index (χ0n) is 24.5. The van der Waals surface area contributed by atoms with Crippen molar-refractivity contribution in [1.82, 2.24) is 10.6 Å². The number of hydrogen-bond donors (Lipinski definition) is 3. The molecule has 0 radical (unpaired) electrons. The summed E-state index contributed by atoms with van der Waals surface area (Å²) >= 11 is 0. The molecule has 3 N–H and O–H groups in total. The monoisotopic (exact) mass is 565 g/mol. The lowest BCUT2D eigenvalue weighted by Crippen LogP contribution is -2.58. The summed E-state index contributed by atoms with van der Waals surface area (Å²) < 4.78 is 11.7. The van der Waals surface area contributed by atoms with Crippen molar-refractivity contribution in [2.45, 2.75) is 96.6 Å². The molecule has 6 rings (SSSR count). The zero-order chi connectivity index (χ0) is 29.4. The van der Waals surface area contributed by atoms with Crippen LogP contribution in [0.1, 0.15) is 100 Å². The van der Waals surface area contributed by atoms with Crippen LogP contribution in [0.15, 0.2) is 12.1 Å². The Bertz CT molecular complexity index is 1220. The highest BCUT2D eigenvalue weighted by Crippen LogP contribution is 2.46. The predicted molar refractivity (Wildman–Crippen MR) is 151 cm³/mol. The zero-order valence-corrected chi connectivity index (χ0v) is 24.5. The van der Waals surface area contributed by atoms with Crippen LogP contribution in [0, 0.1) is 39.9 Å². The maximum atomic E-state index is 13.8. The van der Waals surface area contributed by atoms with Gasteiger partial charge in [0.25, 0.3) is 5.91 Å². The van der Waals surface area contributed by atoms with Crippen LogP contribution < -0.4 is 20.1 Å². The molecule has 0 heterocycles. The van der Waals surface area contributed by atoms with Gasteiger partial charge in [0, 0.05) is 18.7 Å². The van der Waals surface area contributed by atoms with Crippen molar-refractivity contribution < 1.29 is 29.0 Å². The fourth-order valence-electron chi connectivity index (χ4n) is 7.47. The van der Waals surface area contributed by atoms with E-state index in [1.807, 2.05) is 0 Å². The van der Waals surface area contributed by atoms with E-state index >= 15 is 0 Å². The predicted octanol–water partition coefficient (Wildman–Crippen LogP) is 4.82. The second-order valence-corrected chi connectivity index (χ2v) is 13.4. The summed E-state index contributed by atoms with van der Waals surface area (Å²) in [5.41, 5.74) is -0.0849. The van der Waals surface area contributed by atoms with Gasteiger partial charge in [-0.3, -0.25) is 14.4 Å². The van der Waals surface area contributed by atoms with Crippen LogP contribution in [-0.2, 0) is 9.59 Å². The van der Waals surface area contributed by atoms with Gasteiger partial charge in [-0.05, 0) is 94.4 Å². The fourth-order valence-corrected chi connectivity index (χ4v) is 7.47. The van der Waals surface area contributed by atoms with Gasteiger partial charge in [0.1, 0.15) is 17.6 Å². The van der Waals surface area contributed by atoms with Crippen LogP contribution in [0.2, 0.25) is 0 Å². The number of aliphatic carboxylic acids is 1. The van der Waals surface area contributed by atoms with Crippen molar-refractivity contribution in [3.63, 3.8) is 0 Å². The minimum atomic E-state index is -0.808. The Morgan fingerprint density at radius 1 is 1.00 bits per heavy atom. The number of benzene rings is 1. The lowest BCUT2D eigenvalue weighted by molar-refractivity contribution is -0.150. The second-order valence-electron chi connectivity index (χ2n) is 13.4. The van der Waals surface area contributed by atoms with E-state index in [-0.39, 0.29) is 69.8 Å².